The number of rotatable bonds is 0. The summed E-state index contributed by atoms with van der Waals surface area (Å²) in [4.78, 5) is 5.77. The molecule has 194 valence electrons. The van der Waals surface area contributed by atoms with E-state index in [9.17, 15) is 0 Å². The highest BCUT2D eigenvalue weighted by atomic mass is 15.1. The summed E-state index contributed by atoms with van der Waals surface area (Å²) in [6, 6.07) is 0. The molecule has 2 nitrogen and oxygen atoms in total. The van der Waals surface area contributed by atoms with E-state index in [4.69, 9.17) is 0 Å². The van der Waals surface area contributed by atoms with Crippen LogP contribution in [0.1, 0.15) is 116 Å². The largest absolute Gasteiger partial charge is 0.303 e. The first-order chi connectivity index (χ1) is 16.9. The summed E-state index contributed by atoms with van der Waals surface area (Å²) < 4.78 is 0. The Balaban J connectivity index is 1.47. The van der Waals surface area contributed by atoms with Crippen molar-refractivity contribution in [2.24, 2.45) is 23.7 Å². The normalized spacial score (nSPS) is 39.8. The van der Waals surface area contributed by atoms with Crippen molar-refractivity contribution in [3.05, 3.63) is 24.3 Å². The smallest absolute Gasteiger partial charge is 0.00160 e. The molecule has 6 atom stereocenters. The highest BCUT2D eigenvalue weighted by Crippen LogP contribution is 2.40. The molecule has 0 saturated carbocycles. The van der Waals surface area contributed by atoms with E-state index in [-0.39, 0.29) is 0 Å². The van der Waals surface area contributed by atoms with E-state index in [2.05, 4.69) is 34.1 Å². The summed E-state index contributed by atoms with van der Waals surface area (Å²) in [5.74, 6) is 3.88. The van der Waals surface area contributed by atoms with Crippen LogP contribution in [0.15, 0.2) is 24.3 Å². The zero-order chi connectivity index (χ0) is 23.3. The fourth-order valence-electron chi connectivity index (χ4n) is 7.70. The van der Waals surface area contributed by atoms with Gasteiger partial charge in [0.1, 0.15) is 0 Å². The Kier molecular flexibility index (Phi) is 12.1. The van der Waals surface area contributed by atoms with Crippen molar-refractivity contribution in [1.82, 2.24) is 9.80 Å². The molecule has 0 aromatic rings. The number of fused-ring (bicyclic) bond motifs is 10. The SMILES string of the molecule is C1=C\CCN2CC[C@@H]3[C@@H]4C[C@H](CCCCCC/1)CN(CCCC/C=C\CCCCCC[C@H]3C2)C4. The second kappa shape index (κ2) is 15.5. The zero-order valence-electron chi connectivity index (χ0n) is 22.5. The third-order valence-corrected chi connectivity index (χ3v) is 9.60. The van der Waals surface area contributed by atoms with E-state index in [1.54, 1.807) is 6.42 Å². The minimum absolute atomic E-state index is 0.953. The average Bonchev–Trinajstić information content (AvgIpc) is 2.85. The number of hydrogen-bond donors (Lipinski definition) is 0. The van der Waals surface area contributed by atoms with Gasteiger partial charge in [-0.05, 0) is 114 Å². The first-order valence-corrected chi connectivity index (χ1v) is 15.6. The summed E-state index contributed by atoms with van der Waals surface area (Å²) in [5, 5.41) is 0. The topological polar surface area (TPSA) is 6.48 Å². The van der Waals surface area contributed by atoms with E-state index in [1.807, 2.05) is 0 Å². The lowest BCUT2D eigenvalue weighted by Crippen LogP contribution is -2.49. The third kappa shape index (κ3) is 9.12. The minimum atomic E-state index is 0.953. The van der Waals surface area contributed by atoms with Gasteiger partial charge in [0.05, 0.1) is 0 Å². The number of hydrogen-bond acceptors (Lipinski definition) is 2. The van der Waals surface area contributed by atoms with Gasteiger partial charge in [-0.1, -0.05) is 62.8 Å². The standard InChI is InChI=1S/C32H56N2/c1-2-5-10-14-18-23-34-26-29-19-15-11-7-4-6-9-13-17-22-33-24-21-32(31(25-29)28-34)30(27-33)20-16-12-8-3-1/h2,5,9,13,29-32H,1,3-4,6-8,10-12,14-28H2/b5-2-,13-9-/t29-,30-,31+,32-/m0/s1. The molecule has 6 bridgehead atoms. The molecule has 2 saturated heterocycles. The van der Waals surface area contributed by atoms with Crippen LogP contribution >= 0.6 is 0 Å². The molecule has 2 unspecified atom stereocenters. The summed E-state index contributed by atoms with van der Waals surface area (Å²) in [6.45, 7) is 8.22. The van der Waals surface area contributed by atoms with Crippen molar-refractivity contribution in [2.45, 2.75) is 116 Å². The van der Waals surface area contributed by atoms with E-state index in [0.717, 1.165) is 23.7 Å². The van der Waals surface area contributed by atoms with E-state index in [1.165, 1.54) is 148 Å². The highest BCUT2D eigenvalue weighted by Gasteiger charge is 2.38. The molecule has 5 heterocycles. The van der Waals surface area contributed by atoms with Crippen LogP contribution in [-0.4, -0.2) is 49.1 Å². The van der Waals surface area contributed by atoms with Gasteiger partial charge in [-0.15, -0.1) is 0 Å². The quantitative estimate of drug-likeness (QED) is 0.330. The van der Waals surface area contributed by atoms with Crippen LogP contribution in [0.3, 0.4) is 0 Å². The Bertz CT molecular complexity index is 596. The first kappa shape index (κ1) is 26.5. The molecule has 2 fully saturated rings. The van der Waals surface area contributed by atoms with Gasteiger partial charge in [0.15, 0.2) is 0 Å². The van der Waals surface area contributed by atoms with Crippen molar-refractivity contribution in [1.29, 1.82) is 0 Å². The lowest BCUT2D eigenvalue weighted by atomic mass is 9.69. The van der Waals surface area contributed by atoms with Crippen molar-refractivity contribution in [3.63, 3.8) is 0 Å². The van der Waals surface area contributed by atoms with Gasteiger partial charge >= 0.3 is 0 Å². The molecule has 0 N–H and O–H groups in total. The van der Waals surface area contributed by atoms with Crippen LogP contribution in [-0.2, 0) is 0 Å². The number of allylic oxidation sites excluding steroid dienone is 3. The lowest BCUT2D eigenvalue weighted by molar-refractivity contribution is 0.0193. The molecule has 34 heavy (non-hydrogen) atoms. The van der Waals surface area contributed by atoms with Crippen LogP contribution in [0.25, 0.3) is 0 Å². The van der Waals surface area contributed by atoms with Gasteiger partial charge < -0.3 is 9.80 Å². The summed E-state index contributed by atoms with van der Waals surface area (Å²) in [5.41, 5.74) is 0. The predicted octanol–water partition coefficient (Wildman–Crippen LogP) is 8.24. The maximum Gasteiger partial charge on any atom is 0.00160 e. The van der Waals surface area contributed by atoms with Gasteiger partial charge in [-0.2, -0.15) is 0 Å². The molecule has 5 aliphatic heterocycles. The molecule has 2 heteroatoms. The predicted molar refractivity (Wildman–Crippen MR) is 148 cm³/mol. The van der Waals surface area contributed by atoms with Crippen LogP contribution in [0.2, 0.25) is 0 Å². The summed E-state index contributed by atoms with van der Waals surface area (Å²) in [7, 11) is 0. The summed E-state index contributed by atoms with van der Waals surface area (Å²) >= 11 is 0. The van der Waals surface area contributed by atoms with Gasteiger partial charge in [-0.25, -0.2) is 0 Å². The van der Waals surface area contributed by atoms with Crippen LogP contribution in [0, 0.1) is 23.7 Å². The monoisotopic (exact) mass is 468 g/mol. The van der Waals surface area contributed by atoms with Gasteiger partial charge in [-0.3, -0.25) is 0 Å². The third-order valence-electron chi connectivity index (χ3n) is 9.60. The molecule has 0 radical (unpaired) electrons. The van der Waals surface area contributed by atoms with Crippen LogP contribution in [0.4, 0.5) is 0 Å². The van der Waals surface area contributed by atoms with E-state index in [0.29, 0.717) is 0 Å². The highest BCUT2D eigenvalue weighted by molar-refractivity contribution is 4.92. The molecule has 0 aliphatic carbocycles. The molecule has 0 amide bonds. The first-order valence-electron chi connectivity index (χ1n) is 15.6. The number of piperidine rings is 2. The molecular weight excluding hydrogens is 412 g/mol. The Morgan fingerprint density at radius 1 is 0.441 bits per heavy atom. The molecule has 5 aliphatic rings. The van der Waals surface area contributed by atoms with Crippen molar-refractivity contribution in [2.75, 3.05) is 39.3 Å². The van der Waals surface area contributed by atoms with Crippen LogP contribution in [0.5, 0.6) is 0 Å². The lowest BCUT2D eigenvalue weighted by Gasteiger charge is -2.47. The van der Waals surface area contributed by atoms with Gasteiger partial charge in [0.2, 0.25) is 0 Å². The Labute approximate surface area is 212 Å². The second-order valence-electron chi connectivity index (χ2n) is 12.3. The second-order valence-corrected chi connectivity index (χ2v) is 12.3. The van der Waals surface area contributed by atoms with Crippen molar-refractivity contribution in [3.8, 4) is 0 Å². The molecule has 5 rings (SSSR count). The fraction of sp³-hybridized carbons (Fsp3) is 0.875. The number of nitrogens with zero attached hydrogens (tertiary/aromatic N) is 2. The van der Waals surface area contributed by atoms with Gasteiger partial charge in [0.25, 0.3) is 0 Å². The van der Waals surface area contributed by atoms with Gasteiger partial charge in [0, 0.05) is 26.2 Å². The van der Waals surface area contributed by atoms with Crippen molar-refractivity contribution < 1.29 is 0 Å². The average molecular weight is 469 g/mol. The Hall–Kier alpha value is -0.600. The minimum Gasteiger partial charge on any atom is -0.303 e. The maximum atomic E-state index is 2.93. The summed E-state index contributed by atoms with van der Waals surface area (Å²) in [6.07, 6.45) is 35.5. The molecular formula is C32H56N2. The Morgan fingerprint density at radius 2 is 1.09 bits per heavy atom. The Morgan fingerprint density at radius 3 is 1.88 bits per heavy atom. The van der Waals surface area contributed by atoms with E-state index >= 15 is 0 Å². The fourth-order valence-corrected chi connectivity index (χ4v) is 7.70. The van der Waals surface area contributed by atoms with Crippen molar-refractivity contribution >= 4 is 0 Å². The molecule has 0 aromatic carbocycles. The zero-order valence-corrected chi connectivity index (χ0v) is 22.5. The van der Waals surface area contributed by atoms with Crippen LogP contribution < -0.4 is 0 Å². The maximum absolute atomic E-state index is 2.93. The molecule has 0 spiro atoms. The molecule has 0 aromatic heterocycles. The van der Waals surface area contributed by atoms with E-state index < -0.39 is 0 Å².